The molecule has 23 heavy (non-hydrogen) atoms. The van der Waals surface area contributed by atoms with E-state index in [1.807, 2.05) is 0 Å². The van der Waals surface area contributed by atoms with E-state index in [-0.39, 0.29) is 36.7 Å². The molecular formula is C15H21FN2O4S. The topological polar surface area (TPSA) is 86.7 Å². The number of benzene rings is 1. The number of piperidine rings is 1. The van der Waals surface area contributed by atoms with Crippen LogP contribution in [0.4, 0.5) is 4.39 Å². The molecule has 6 nitrogen and oxygen atoms in total. The van der Waals surface area contributed by atoms with E-state index >= 15 is 0 Å². The Morgan fingerprint density at radius 2 is 2.22 bits per heavy atom. The lowest BCUT2D eigenvalue weighted by Crippen LogP contribution is -2.50. The van der Waals surface area contributed by atoms with Gasteiger partial charge >= 0.3 is 0 Å². The fraction of sp³-hybridized carbons (Fsp3) is 0.533. The normalized spacial score (nSPS) is 22.7. The first-order chi connectivity index (χ1) is 10.8. The van der Waals surface area contributed by atoms with E-state index < -0.39 is 21.4 Å². The highest BCUT2D eigenvalue weighted by atomic mass is 32.2. The lowest BCUT2D eigenvalue weighted by atomic mass is 9.89. The quantitative estimate of drug-likeness (QED) is 0.830. The van der Waals surface area contributed by atoms with Gasteiger partial charge in [-0.05, 0) is 37.5 Å². The van der Waals surface area contributed by atoms with Crippen LogP contribution in [0.25, 0.3) is 0 Å². The van der Waals surface area contributed by atoms with Gasteiger partial charge in [0.25, 0.3) is 0 Å². The summed E-state index contributed by atoms with van der Waals surface area (Å²) in [5.41, 5.74) is -1.24. The maximum Gasteiger partial charge on any atom is 0.243 e. The van der Waals surface area contributed by atoms with Crippen LogP contribution in [-0.2, 0) is 14.8 Å². The minimum atomic E-state index is -3.87. The summed E-state index contributed by atoms with van der Waals surface area (Å²) in [6.45, 7) is 0.171. The van der Waals surface area contributed by atoms with Gasteiger partial charge in [-0.15, -0.1) is 0 Å². The van der Waals surface area contributed by atoms with Crippen LogP contribution in [0.15, 0.2) is 29.2 Å². The van der Waals surface area contributed by atoms with Crippen molar-refractivity contribution >= 4 is 15.9 Å². The summed E-state index contributed by atoms with van der Waals surface area (Å²) in [6, 6.07) is 4.81. The van der Waals surface area contributed by atoms with Crippen molar-refractivity contribution in [3.8, 4) is 0 Å². The number of aliphatic hydroxyl groups is 1. The SMILES string of the molecule is CNC(=O)CCC1(O)CCCN(S(=O)(=O)c2cccc(F)c2)C1. The number of nitrogens with one attached hydrogen (secondary N) is 1. The number of carbonyl (C=O) groups is 1. The van der Waals surface area contributed by atoms with Gasteiger partial charge in [0.15, 0.2) is 0 Å². The lowest BCUT2D eigenvalue weighted by Gasteiger charge is -2.38. The molecule has 1 unspecified atom stereocenters. The minimum Gasteiger partial charge on any atom is -0.388 e. The predicted molar refractivity (Wildman–Crippen MR) is 82.6 cm³/mol. The lowest BCUT2D eigenvalue weighted by molar-refractivity contribution is -0.122. The molecule has 0 radical (unpaired) electrons. The number of halogens is 1. The maximum absolute atomic E-state index is 13.3. The highest BCUT2D eigenvalue weighted by Gasteiger charge is 2.38. The fourth-order valence-corrected chi connectivity index (χ4v) is 4.32. The van der Waals surface area contributed by atoms with Gasteiger partial charge in [-0.3, -0.25) is 4.79 Å². The van der Waals surface area contributed by atoms with E-state index in [9.17, 15) is 22.7 Å². The smallest absolute Gasteiger partial charge is 0.243 e. The summed E-state index contributed by atoms with van der Waals surface area (Å²) in [7, 11) is -2.36. The molecule has 1 saturated heterocycles. The van der Waals surface area contributed by atoms with Crippen molar-refractivity contribution in [2.45, 2.75) is 36.2 Å². The summed E-state index contributed by atoms with van der Waals surface area (Å²) < 4.78 is 39.6. The fourth-order valence-electron chi connectivity index (χ4n) is 2.73. The molecule has 1 aliphatic rings. The van der Waals surface area contributed by atoms with Crippen LogP contribution in [0.2, 0.25) is 0 Å². The standard InChI is InChI=1S/C15H21FN2O4S/c1-17-14(19)6-8-15(20)7-3-9-18(11-15)23(21,22)13-5-2-4-12(16)10-13/h2,4-5,10,20H,3,6-9,11H2,1H3,(H,17,19). The molecule has 0 spiro atoms. The third-order valence-corrected chi connectivity index (χ3v) is 5.89. The molecule has 0 bridgehead atoms. The maximum atomic E-state index is 13.3. The molecule has 1 heterocycles. The van der Waals surface area contributed by atoms with Gasteiger partial charge in [0, 0.05) is 26.6 Å². The molecule has 1 fully saturated rings. The first kappa shape index (κ1) is 17.8. The Hall–Kier alpha value is -1.51. The van der Waals surface area contributed by atoms with Crippen molar-refractivity contribution in [3.63, 3.8) is 0 Å². The number of nitrogens with zero attached hydrogens (tertiary/aromatic N) is 1. The zero-order chi connectivity index (χ0) is 17.1. The van der Waals surface area contributed by atoms with Crippen LogP contribution in [0.1, 0.15) is 25.7 Å². The summed E-state index contributed by atoms with van der Waals surface area (Å²) in [4.78, 5) is 11.2. The number of hydrogen-bond donors (Lipinski definition) is 2. The highest BCUT2D eigenvalue weighted by Crippen LogP contribution is 2.29. The summed E-state index contributed by atoms with van der Waals surface area (Å²) in [5, 5.41) is 13.1. The van der Waals surface area contributed by atoms with E-state index in [0.29, 0.717) is 12.8 Å². The summed E-state index contributed by atoms with van der Waals surface area (Å²) in [5.74, 6) is -0.832. The third-order valence-electron chi connectivity index (χ3n) is 4.05. The molecular weight excluding hydrogens is 323 g/mol. The van der Waals surface area contributed by atoms with E-state index in [1.54, 1.807) is 0 Å². The van der Waals surface area contributed by atoms with Crippen LogP contribution < -0.4 is 5.32 Å². The van der Waals surface area contributed by atoms with Crippen molar-refractivity contribution in [1.82, 2.24) is 9.62 Å². The number of carbonyl (C=O) groups excluding carboxylic acids is 1. The molecule has 0 aromatic heterocycles. The second-order valence-corrected chi connectivity index (χ2v) is 7.73. The van der Waals surface area contributed by atoms with Crippen molar-refractivity contribution < 1.29 is 22.7 Å². The molecule has 128 valence electrons. The van der Waals surface area contributed by atoms with Crippen LogP contribution >= 0.6 is 0 Å². The Morgan fingerprint density at radius 3 is 2.87 bits per heavy atom. The Labute approximate surface area is 135 Å². The monoisotopic (exact) mass is 344 g/mol. The van der Waals surface area contributed by atoms with Crippen molar-refractivity contribution in [2.75, 3.05) is 20.1 Å². The van der Waals surface area contributed by atoms with Crippen LogP contribution in [0.5, 0.6) is 0 Å². The van der Waals surface area contributed by atoms with Gasteiger partial charge in [0.05, 0.1) is 10.5 Å². The number of sulfonamides is 1. The average Bonchev–Trinajstić information content (AvgIpc) is 2.52. The number of rotatable bonds is 5. The van der Waals surface area contributed by atoms with E-state index in [4.69, 9.17) is 0 Å². The Kier molecular flexibility index (Phi) is 5.38. The van der Waals surface area contributed by atoms with E-state index in [1.165, 1.54) is 25.2 Å². The summed E-state index contributed by atoms with van der Waals surface area (Å²) in [6.07, 6.45) is 1.22. The molecule has 2 rings (SSSR count). The van der Waals surface area contributed by atoms with Crippen molar-refractivity contribution in [1.29, 1.82) is 0 Å². The Bertz CT molecular complexity index is 680. The Morgan fingerprint density at radius 1 is 1.48 bits per heavy atom. The zero-order valence-corrected chi connectivity index (χ0v) is 13.8. The Balaban J connectivity index is 2.15. The van der Waals surface area contributed by atoms with Crippen molar-refractivity contribution in [2.24, 2.45) is 0 Å². The minimum absolute atomic E-state index is 0.0944. The van der Waals surface area contributed by atoms with E-state index in [2.05, 4.69) is 5.32 Å². The van der Waals surface area contributed by atoms with Gasteiger partial charge in [0.1, 0.15) is 5.82 Å². The molecule has 8 heteroatoms. The van der Waals surface area contributed by atoms with Gasteiger partial charge in [-0.2, -0.15) is 4.31 Å². The second-order valence-electron chi connectivity index (χ2n) is 5.80. The summed E-state index contributed by atoms with van der Waals surface area (Å²) >= 11 is 0. The largest absolute Gasteiger partial charge is 0.388 e. The molecule has 0 saturated carbocycles. The number of amides is 1. The van der Waals surface area contributed by atoms with Gasteiger partial charge in [0.2, 0.25) is 15.9 Å². The number of hydrogen-bond acceptors (Lipinski definition) is 4. The molecule has 1 amide bonds. The van der Waals surface area contributed by atoms with Gasteiger partial charge in [-0.25, -0.2) is 12.8 Å². The molecule has 1 atom stereocenters. The highest BCUT2D eigenvalue weighted by molar-refractivity contribution is 7.89. The van der Waals surface area contributed by atoms with Crippen LogP contribution in [0.3, 0.4) is 0 Å². The zero-order valence-electron chi connectivity index (χ0n) is 13.0. The third kappa shape index (κ3) is 4.27. The second kappa shape index (κ2) is 6.94. The first-order valence-corrected chi connectivity index (χ1v) is 8.89. The first-order valence-electron chi connectivity index (χ1n) is 7.45. The van der Waals surface area contributed by atoms with Gasteiger partial charge < -0.3 is 10.4 Å². The molecule has 1 aromatic rings. The van der Waals surface area contributed by atoms with Crippen LogP contribution in [0, 0.1) is 5.82 Å². The van der Waals surface area contributed by atoms with Crippen LogP contribution in [-0.4, -0.2) is 49.5 Å². The van der Waals surface area contributed by atoms with E-state index in [0.717, 1.165) is 10.4 Å². The number of β-amino-alcohol motifs (C(OH)–C–C–N with tert-alkyl or cyclic N) is 1. The van der Waals surface area contributed by atoms with Crippen molar-refractivity contribution in [3.05, 3.63) is 30.1 Å². The molecule has 1 aromatic carbocycles. The average molecular weight is 344 g/mol. The molecule has 2 N–H and O–H groups in total. The van der Waals surface area contributed by atoms with Gasteiger partial charge in [-0.1, -0.05) is 6.07 Å². The molecule has 1 aliphatic heterocycles. The molecule has 0 aliphatic carbocycles. The predicted octanol–water partition coefficient (Wildman–Crippen LogP) is 0.867.